The van der Waals surface area contributed by atoms with Crippen LogP contribution in [0.4, 0.5) is 17.6 Å². The summed E-state index contributed by atoms with van der Waals surface area (Å²) in [7, 11) is 0. The van der Waals surface area contributed by atoms with Gasteiger partial charge in [0.1, 0.15) is 0 Å². The molecule has 0 atom stereocenters. The van der Waals surface area contributed by atoms with Gasteiger partial charge in [-0.05, 0) is 0 Å². The van der Waals surface area contributed by atoms with E-state index in [2.05, 4.69) is 0 Å². The van der Waals surface area contributed by atoms with Crippen LogP contribution in [0.15, 0.2) is 0 Å². The highest BCUT2D eigenvalue weighted by Gasteiger charge is 2.47. The first-order valence-corrected chi connectivity index (χ1v) is 1.86. The van der Waals surface area contributed by atoms with Crippen LogP contribution in [0.5, 0.6) is 0 Å². The number of halogens is 4. The Kier molecular flexibility index (Phi) is 1.54. The van der Waals surface area contributed by atoms with Gasteiger partial charge in [0.25, 0.3) is 0 Å². The third kappa shape index (κ3) is 1.68. The molecule has 0 bridgehead atoms. The second-order valence-electron chi connectivity index (χ2n) is 1.59. The lowest BCUT2D eigenvalue weighted by atomic mass is 10.2. The Labute approximate surface area is 44.5 Å². The Balaban J connectivity index is 4.02. The van der Waals surface area contributed by atoms with Crippen LogP contribution in [0.25, 0.3) is 0 Å². The molecule has 0 heterocycles. The minimum absolute atomic E-state index is 0.125. The van der Waals surface area contributed by atoms with Crippen molar-refractivity contribution in [1.29, 1.82) is 0 Å². The Morgan fingerprint density at radius 2 is 1.25 bits per heavy atom. The number of hydrogen-bond acceptors (Lipinski definition) is 0. The fourth-order valence-electron chi connectivity index (χ4n) is 0. The van der Waals surface area contributed by atoms with Gasteiger partial charge in [-0.15, -0.1) is 0 Å². The second-order valence-corrected chi connectivity index (χ2v) is 1.59. The summed E-state index contributed by atoms with van der Waals surface area (Å²) in [6.45, 7) is 2.08. The van der Waals surface area contributed by atoms with Crippen molar-refractivity contribution in [2.45, 2.75) is 18.8 Å². The van der Waals surface area contributed by atoms with E-state index >= 15 is 0 Å². The van der Waals surface area contributed by atoms with Gasteiger partial charge in [-0.25, -0.2) is 8.78 Å². The van der Waals surface area contributed by atoms with E-state index in [4.69, 9.17) is 0 Å². The average molecular weight is 129 g/mol. The summed E-state index contributed by atoms with van der Waals surface area (Å²) in [6.07, 6.45) is 0. The molecule has 0 nitrogen and oxygen atoms in total. The molecule has 0 saturated heterocycles. The third-order valence-corrected chi connectivity index (χ3v) is 0.642. The summed E-state index contributed by atoms with van der Waals surface area (Å²) in [6, 6.07) is 0. The fraction of sp³-hybridized carbons (Fsp3) is 0.750. The van der Waals surface area contributed by atoms with E-state index in [1.807, 2.05) is 6.92 Å². The van der Waals surface area contributed by atoms with Gasteiger partial charge in [0.2, 0.25) is 0 Å². The standard InChI is InChI=1S/C4H5F4/c1-3(5,6)4(2,7)8/h1H2,2H3. The van der Waals surface area contributed by atoms with Crippen molar-refractivity contribution in [3.05, 3.63) is 6.92 Å². The van der Waals surface area contributed by atoms with Crippen molar-refractivity contribution < 1.29 is 17.6 Å². The van der Waals surface area contributed by atoms with Crippen molar-refractivity contribution in [2.24, 2.45) is 0 Å². The van der Waals surface area contributed by atoms with Gasteiger partial charge < -0.3 is 0 Å². The summed E-state index contributed by atoms with van der Waals surface area (Å²) in [5, 5.41) is 0. The molecule has 49 valence electrons. The van der Waals surface area contributed by atoms with Crippen LogP contribution in [0.1, 0.15) is 6.92 Å². The summed E-state index contributed by atoms with van der Waals surface area (Å²) < 4.78 is 45.6. The molecule has 0 aromatic heterocycles. The third-order valence-electron chi connectivity index (χ3n) is 0.642. The van der Waals surface area contributed by atoms with E-state index in [1.165, 1.54) is 0 Å². The molecule has 0 aliphatic carbocycles. The smallest absolute Gasteiger partial charge is 0.200 e. The Morgan fingerprint density at radius 3 is 1.25 bits per heavy atom. The second kappa shape index (κ2) is 1.60. The van der Waals surface area contributed by atoms with Crippen molar-refractivity contribution in [3.63, 3.8) is 0 Å². The van der Waals surface area contributed by atoms with Gasteiger partial charge in [0, 0.05) is 13.8 Å². The summed E-state index contributed by atoms with van der Waals surface area (Å²) in [5.41, 5.74) is 0. The van der Waals surface area contributed by atoms with E-state index in [0.29, 0.717) is 0 Å². The van der Waals surface area contributed by atoms with Gasteiger partial charge in [-0.2, -0.15) is 8.78 Å². The van der Waals surface area contributed by atoms with Crippen molar-refractivity contribution in [1.82, 2.24) is 0 Å². The quantitative estimate of drug-likeness (QED) is 0.475. The normalized spacial score (nSPS) is 14.2. The molecular weight excluding hydrogens is 124 g/mol. The number of alkyl halides is 4. The van der Waals surface area contributed by atoms with Crippen molar-refractivity contribution in [3.8, 4) is 0 Å². The molecule has 0 aliphatic rings. The Morgan fingerprint density at radius 1 is 1.12 bits per heavy atom. The lowest BCUT2D eigenvalue weighted by Gasteiger charge is -2.17. The van der Waals surface area contributed by atoms with Crippen LogP contribution in [-0.4, -0.2) is 11.8 Å². The summed E-state index contributed by atoms with van der Waals surface area (Å²) >= 11 is 0. The van der Waals surface area contributed by atoms with Gasteiger partial charge in [-0.1, -0.05) is 0 Å². The van der Waals surface area contributed by atoms with Crippen molar-refractivity contribution in [2.75, 3.05) is 0 Å². The lowest BCUT2D eigenvalue weighted by molar-refractivity contribution is -0.168. The topological polar surface area (TPSA) is 0 Å². The van der Waals surface area contributed by atoms with Gasteiger partial charge >= 0.3 is 11.8 Å². The molecule has 0 fully saturated rings. The molecule has 1 radical (unpaired) electrons. The highest BCUT2D eigenvalue weighted by Crippen LogP contribution is 2.31. The van der Waals surface area contributed by atoms with E-state index in [-0.39, 0.29) is 6.92 Å². The molecule has 8 heavy (non-hydrogen) atoms. The molecule has 0 rings (SSSR count). The molecule has 0 saturated carbocycles. The minimum atomic E-state index is -4.15. The first kappa shape index (κ1) is 7.72. The molecule has 0 aromatic carbocycles. The zero-order chi connectivity index (χ0) is 7.00. The van der Waals surface area contributed by atoms with Crippen LogP contribution in [0.2, 0.25) is 0 Å². The zero-order valence-electron chi connectivity index (χ0n) is 4.22. The molecule has 4 heteroatoms. The van der Waals surface area contributed by atoms with Gasteiger partial charge in [-0.3, -0.25) is 0 Å². The Hall–Kier alpha value is -0.280. The predicted molar refractivity (Wildman–Crippen MR) is 20.9 cm³/mol. The predicted octanol–water partition coefficient (Wildman–Crippen LogP) is 2.11. The highest BCUT2D eigenvalue weighted by atomic mass is 19.3. The largest absolute Gasteiger partial charge is 0.310 e. The molecule has 0 N–H and O–H groups in total. The molecule has 0 spiro atoms. The van der Waals surface area contributed by atoms with Crippen molar-refractivity contribution >= 4 is 0 Å². The first-order chi connectivity index (χ1) is 3.25. The van der Waals surface area contributed by atoms with Crippen LogP contribution >= 0.6 is 0 Å². The van der Waals surface area contributed by atoms with Gasteiger partial charge in [0.05, 0.1) is 0 Å². The molecule has 0 aliphatic heterocycles. The summed E-state index contributed by atoms with van der Waals surface area (Å²) in [4.78, 5) is 0. The zero-order valence-corrected chi connectivity index (χ0v) is 4.22. The van der Waals surface area contributed by atoms with Crippen LogP contribution in [0.3, 0.4) is 0 Å². The molecule has 0 amide bonds. The summed E-state index contributed by atoms with van der Waals surface area (Å²) in [5.74, 6) is -8.15. The number of rotatable bonds is 1. The fourth-order valence-corrected chi connectivity index (χ4v) is 0. The average Bonchev–Trinajstić information content (AvgIpc) is 1.25. The molecule has 0 aromatic rings. The van der Waals surface area contributed by atoms with E-state index in [1.54, 1.807) is 0 Å². The first-order valence-electron chi connectivity index (χ1n) is 1.86. The van der Waals surface area contributed by atoms with E-state index < -0.39 is 11.8 Å². The lowest BCUT2D eigenvalue weighted by Crippen LogP contribution is -2.34. The SMILES string of the molecule is [CH2]C(F)(F)C(C)(F)F. The molecule has 0 unspecified atom stereocenters. The monoisotopic (exact) mass is 129 g/mol. The maximum Gasteiger partial charge on any atom is 0.310 e. The van der Waals surface area contributed by atoms with Crippen LogP contribution < -0.4 is 0 Å². The maximum absolute atomic E-state index is 11.4. The van der Waals surface area contributed by atoms with E-state index in [0.717, 1.165) is 0 Å². The van der Waals surface area contributed by atoms with E-state index in [9.17, 15) is 17.6 Å². The van der Waals surface area contributed by atoms with Gasteiger partial charge in [0.15, 0.2) is 0 Å². The minimum Gasteiger partial charge on any atom is -0.200 e. The molecular formula is C4H5F4. The Bertz CT molecular complexity index is 63.0. The highest BCUT2D eigenvalue weighted by molar-refractivity contribution is 4.81. The van der Waals surface area contributed by atoms with Crippen LogP contribution in [0, 0.1) is 6.92 Å². The maximum atomic E-state index is 11.4. The number of hydrogen-bond donors (Lipinski definition) is 0. The van der Waals surface area contributed by atoms with Crippen LogP contribution in [-0.2, 0) is 0 Å².